The molecule has 1 amide bonds. The summed E-state index contributed by atoms with van der Waals surface area (Å²) in [5.41, 5.74) is 5.22. The second-order valence-electron chi connectivity index (χ2n) is 2.65. The van der Waals surface area contributed by atoms with Crippen molar-refractivity contribution < 1.29 is 4.79 Å². The van der Waals surface area contributed by atoms with Gasteiger partial charge in [0.05, 0.1) is 5.75 Å². The lowest BCUT2D eigenvalue weighted by molar-refractivity contribution is -0.118. The first-order valence-corrected chi connectivity index (χ1v) is 4.96. The van der Waals surface area contributed by atoms with E-state index in [-0.39, 0.29) is 5.91 Å². The topological polar surface area (TPSA) is 55.1 Å². The number of carbonyl (C=O) groups is 1. The van der Waals surface area contributed by atoms with Crippen LogP contribution >= 0.6 is 11.8 Å². The van der Waals surface area contributed by atoms with Crippen LogP contribution in [0.2, 0.25) is 0 Å². The molecule has 0 aliphatic heterocycles. The van der Waals surface area contributed by atoms with Crippen LogP contribution in [0, 0.1) is 0 Å². The van der Waals surface area contributed by atoms with E-state index in [0.717, 1.165) is 5.25 Å². The molecule has 0 aromatic rings. The molecule has 0 radical (unpaired) electrons. The normalized spacial score (nSPS) is 16.5. The molecule has 4 heteroatoms. The van der Waals surface area contributed by atoms with Crippen molar-refractivity contribution in [1.82, 2.24) is 5.32 Å². The lowest BCUT2D eigenvalue weighted by Crippen LogP contribution is -2.30. The second-order valence-corrected chi connectivity index (χ2v) is 3.94. The lowest BCUT2D eigenvalue weighted by Gasteiger charge is -2.01. The summed E-state index contributed by atoms with van der Waals surface area (Å²) in [5, 5.41) is 3.49. The molecule has 1 saturated carbocycles. The van der Waals surface area contributed by atoms with Gasteiger partial charge in [0.2, 0.25) is 5.91 Å². The van der Waals surface area contributed by atoms with Crippen LogP contribution in [0.15, 0.2) is 0 Å². The van der Waals surface area contributed by atoms with Crippen molar-refractivity contribution in [2.24, 2.45) is 5.73 Å². The van der Waals surface area contributed by atoms with E-state index >= 15 is 0 Å². The predicted octanol–water partition coefficient (Wildman–Crippen LogP) is -0.0431. The van der Waals surface area contributed by atoms with Gasteiger partial charge >= 0.3 is 0 Å². The van der Waals surface area contributed by atoms with Crippen LogP contribution in [0.25, 0.3) is 0 Å². The number of amides is 1. The van der Waals surface area contributed by atoms with Crippen molar-refractivity contribution in [2.75, 3.05) is 18.8 Å². The third kappa shape index (κ3) is 4.27. The molecule has 64 valence electrons. The summed E-state index contributed by atoms with van der Waals surface area (Å²) in [4.78, 5) is 10.9. The maximum atomic E-state index is 10.9. The number of nitrogens with two attached hydrogens (primary N) is 1. The number of nitrogens with one attached hydrogen (secondary N) is 1. The van der Waals surface area contributed by atoms with Gasteiger partial charge in [-0.3, -0.25) is 4.79 Å². The van der Waals surface area contributed by atoms with Gasteiger partial charge in [-0.25, -0.2) is 0 Å². The molecule has 0 heterocycles. The van der Waals surface area contributed by atoms with Crippen molar-refractivity contribution in [2.45, 2.75) is 18.1 Å². The van der Waals surface area contributed by atoms with Gasteiger partial charge in [-0.05, 0) is 12.8 Å². The first kappa shape index (κ1) is 8.87. The summed E-state index contributed by atoms with van der Waals surface area (Å²) >= 11 is 1.75. The Balaban J connectivity index is 1.91. The first-order chi connectivity index (χ1) is 5.33. The van der Waals surface area contributed by atoms with Crippen molar-refractivity contribution in [3.05, 3.63) is 0 Å². The summed E-state index contributed by atoms with van der Waals surface area (Å²) in [6, 6.07) is 0. The number of hydrogen-bond acceptors (Lipinski definition) is 3. The molecular weight excluding hydrogens is 160 g/mol. The van der Waals surface area contributed by atoms with E-state index in [4.69, 9.17) is 5.73 Å². The minimum Gasteiger partial charge on any atom is -0.354 e. The number of thioether (sulfide) groups is 1. The summed E-state index contributed by atoms with van der Waals surface area (Å²) in [5.74, 6) is 0.720. The van der Waals surface area contributed by atoms with Crippen LogP contribution in [-0.4, -0.2) is 30.0 Å². The zero-order chi connectivity index (χ0) is 8.10. The molecule has 1 rings (SSSR count). The molecule has 1 aliphatic carbocycles. The van der Waals surface area contributed by atoms with Crippen LogP contribution in [-0.2, 0) is 4.79 Å². The van der Waals surface area contributed by atoms with Crippen molar-refractivity contribution in [1.29, 1.82) is 0 Å². The monoisotopic (exact) mass is 174 g/mol. The average Bonchev–Trinajstić information content (AvgIpc) is 2.80. The summed E-state index contributed by atoms with van der Waals surface area (Å²) in [6.07, 6.45) is 2.57. The smallest absolute Gasteiger partial charge is 0.230 e. The molecule has 0 bridgehead atoms. The Kier molecular flexibility index (Phi) is 3.72. The van der Waals surface area contributed by atoms with Gasteiger partial charge in [-0.2, -0.15) is 0 Å². The largest absolute Gasteiger partial charge is 0.354 e. The fraction of sp³-hybridized carbons (Fsp3) is 0.857. The van der Waals surface area contributed by atoms with Crippen LogP contribution < -0.4 is 11.1 Å². The Hall–Kier alpha value is -0.220. The van der Waals surface area contributed by atoms with Gasteiger partial charge in [-0.15, -0.1) is 11.8 Å². The molecule has 1 aliphatic rings. The van der Waals surface area contributed by atoms with E-state index in [1.165, 1.54) is 12.8 Å². The van der Waals surface area contributed by atoms with E-state index < -0.39 is 0 Å². The van der Waals surface area contributed by atoms with Gasteiger partial charge in [-0.1, -0.05) is 0 Å². The molecular formula is C7H14N2OS. The molecule has 0 unspecified atom stereocenters. The Morgan fingerprint density at radius 1 is 1.64 bits per heavy atom. The van der Waals surface area contributed by atoms with Gasteiger partial charge < -0.3 is 11.1 Å². The van der Waals surface area contributed by atoms with Gasteiger partial charge in [0.25, 0.3) is 0 Å². The number of carbonyl (C=O) groups excluding carboxylic acids is 1. The number of rotatable bonds is 5. The average molecular weight is 174 g/mol. The highest BCUT2D eigenvalue weighted by Crippen LogP contribution is 2.33. The molecule has 0 spiro atoms. The Morgan fingerprint density at radius 3 is 2.91 bits per heavy atom. The minimum atomic E-state index is 0.118. The van der Waals surface area contributed by atoms with Crippen molar-refractivity contribution in [3.8, 4) is 0 Å². The zero-order valence-electron chi connectivity index (χ0n) is 6.51. The van der Waals surface area contributed by atoms with Gasteiger partial charge in [0, 0.05) is 18.3 Å². The minimum absolute atomic E-state index is 0.118. The third-order valence-corrected chi connectivity index (χ3v) is 2.81. The molecule has 0 aromatic carbocycles. The van der Waals surface area contributed by atoms with Crippen LogP contribution in [0.3, 0.4) is 0 Å². The highest BCUT2D eigenvalue weighted by Gasteiger charge is 2.22. The fourth-order valence-corrected chi connectivity index (χ4v) is 1.65. The molecule has 0 atom stereocenters. The highest BCUT2D eigenvalue weighted by atomic mass is 32.2. The van der Waals surface area contributed by atoms with E-state index in [2.05, 4.69) is 5.32 Å². The standard InChI is InChI=1S/C7H14N2OS/c8-3-4-9-7(10)5-11-6-1-2-6/h6H,1-5,8H2,(H,9,10). The zero-order valence-corrected chi connectivity index (χ0v) is 7.32. The van der Waals surface area contributed by atoms with E-state index in [9.17, 15) is 4.79 Å². The SMILES string of the molecule is NCCNC(=O)CSC1CC1. The van der Waals surface area contributed by atoms with Crippen LogP contribution in [0.4, 0.5) is 0 Å². The maximum Gasteiger partial charge on any atom is 0.230 e. The summed E-state index contributed by atoms with van der Waals surface area (Å²) < 4.78 is 0. The Labute approximate surface area is 71.1 Å². The molecule has 1 fully saturated rings. The maximum absolute atomic E-state index is 10.9. The van der Waals surface area contributed by atoms with E-state index in [0.29, 0.717) is 18.8 Å². The molecule has 3 N–H and O–H groups in total. The first-order valence-electron chi connectivity index (χ1n) is 3.91. The van der Waals surface area contributed by atoms with E-state index in [1.54, 1.807) is 11.8 Å². The second kappa shape index (κ2) is 4.62. The third-order valence-electron chi connectivity index (χ3n) is 1.44. The molecule has 0 saturated heterocycles. The van der Waals surface area contributed by atoms with Crippen LogP contribution in [0.1, 0.15) is 12.8 Å². The molecule has 11 heavy (non-hydrogen) atoms. The predicted molar refractivity (Wildman–Crippen MR) is 47.5 cm³/mol. The Morgan fingerprint density at radius 2 is 2.36 bits per heavy atom. The summed E-state index contributed by atoms with van der Waals surface area (Å²) in [6.45, 7) is 1.13. The van der Waals surface area contributed by atoms with Crippen molar-refractivity contribution in [3.63, 3.8) is 0 Å². The fourth-order valence-electron chi connectivity index (χ4n) is 0.691. The van der Waals surface area contributed by atoms with Gasteiger partial charge in [0.15, 0.2) is 0 Å². The lowest BCUT2D eigenvalue weighted by atomic mass is 10.6. The Bertz CT molecular complexity index is 136. The number of hydrogen-bond donors (Lipinski definition) is 2. The van der Waals surface area contributed by atoms with Gasteiger partial charge in [0.1, 0.15) is 0 Å². The highest BCUT2D eigenvalue weighted by molar-refractivity contribution is 8.00. The van der Waals surface area contributed by atoms with Crippen molar-refractivity contribution >= 4 is 17.7 Å². The van der Waals surface area contributed by atoms with Crippen LogP contribution in [0.5, 0.6) is 0 Å². The quantitative estimate of drug-likeness (QED) is 0.615. The molecule has 0 aromatic heterocycles. The molecule has 3 nitrogen and oxygen atoms in total. The van der Waals surface area contributed by atoms with E-state index in [1.807, 2.05) is 0 Å². The summed E-state index contributed by atoms with van der Waals surface area (Å²) in [7, 11) is 0.